The maximum Gasteiger partial charge on any atom is 0.0593 e. The summed E-state index contributed by atoms with van der Waals surface area (Å²) in [5, 5.41) is 3.57. The lowest BCUT2D eigenvalue weighted by atomic mass is 10.2. The second-order valence-electron chi connectivity index (χ2n) is 5.27. The van der Waals surface area contributed by atoms with Gasteiger partial charge in [-0.25, -0.2) is 0 Å². The Balaban J connectivity index is 1.81. The normalized spacial score (nSPS) is 15.5. The number of ether oxygens (including phenoxy) is 1. The molecule has 0 aromatic carbocycles. The number of nitrogens with zero attached hydrogens (tertiary/aromatic N) is 1. The van der Waals surface area contributed by atoms with E-state index in [1.54, 1.807) is 0 Å². The fourth-order valence-corrected chi connectivity index (χ4v) is 2.17. The molecule has 1 saturated carbocycles. The van der Waals surface area contributed by atoms with E-state index in [2.05, 4.69) is 24.1 Å². The van der Waals surface area contributed by atoms with Crippen molar-refractivity contribution in [1.29, 1.82) is 0 Å². The highest BCUT2D eigenvalue weighted by Crippen LogP contribution is 2.18. The molecule has 0 amide bonds. The van der Waals surface area contributed by atoms with E-state index >= 15 is 0 Å². The van der Waals surface area contributed by atoms with Crippen LogP contribution in [0.5, 0.6) is 0 Å². The third kappa shape index (κ3) is 8.90. The van der Waals surface area contributed by atoms with E-state index in [-0.39, 0.29) is 0 Å². The molecule has 18 heavy (non-hydrogen) atoms. The molecule has 0 aromatic rings. The molecule has 1 N–H and O–H groups in total. The summed E-state index contributed by atoms with van der Waals surface area (Å²) in [6, 6.07) is 0.874. The number of nitrogens with one attached hydrogen (secondary N) is 1. The highest BCUT2D eigenvalue weighted by atomic mass is 16.5. The zero-order chi connectivity index (χ0) is 13.1. The molecule has 0 saturated heterocycles. The van der Waals surface area contributed by atoms with Crippen molar-refractivity contribution in [2.45, 2.75) is 58.4 Å². The van der Waals surface area contributed by atoms with Gasteiger partial charge in [-0.05, 0) is 52.2 Å². The van der Waals surface area contributed by atoms with Gasteiger partial charge in [0, 0.05) is 19.2 Å². The Morgan fingerprint density at radius 2 is 1.83 bits per heavy atom. The molecule has 0 spiro atoms. The highest BCUT2D eigenvalue weighted by Gasteiger charge is 2.19. The minimum absolute atomic E-state index is 0.839. The van der Waals surface area contributed by atoms with Crippen LogP contribution in [0, 0.1) is 0 Å². The summed E-state index contributed by atoms with van der Waals surface area (Å²) in [6.45, 7) is 10.7. The topological polar surface area (TPSA) is 24.5 Å². The minimum Gasteiger partial charge on any atom is -0.380 e. The molecule has 0 atom stereocenters. The van der Waals surface area contributed by atoms with Gasteiger partial charge in [-0.2, -0.15) is 0 Å². The van der Waals surface area contributed by atoms with Gasteiger partial charge in [0.2, 0.25) is 0 Å². The summed E-state index contributed by atoms with van der Waals surface area (Å²) >= 11 is 0. The van der Waals surface area contributed by atoms with Crippen molar-refractivity contribution in [3.8, 4) is 0 Å². The second-order valence-corrected chi connectivity index (χ2v) is 5.27. The van der Waals surface area contributed by atoms with Crippen LogP contribution in [-0.4, -0.2) is 50.3 Å². The first kappa shape index (κ1) is 15.9. The molecule has 108 valence electrons. The molecule has 0 radical (unpaired) electrons. The largest absolute Gasteiger partial charge is 0.380 e. The maximum absolute atomic E-state index is 5.40. The van der Waals surface area contributed by atoms with Crippen molar-refractivity contribution < 1.29 is 4.74 Å². The molecule has 0 bridgehead atoms. The summed E-state index contributed by atoms with van der Waals surface area (Å²) in [4.78, 5) is 2.50. The van der Waals surface area contributed by atoms with Crippen LogP contribution in [0.25, 0.3) is 0 Å². The predicted molar refractivity (Wildman–Crippen MR) is 78.1 cm³/mol. The fraction of sp³-hybridized carbons (Fsp3) is 1.00. The minimum atomic E-state index is 0.839. The third-order valence-electron chi connectivity index (χ3n) is 3.61. The van der Waals surface area contributed by atoms with E-state index in [0.29, 0.717) is 0 Å². The first-order chi connectivity index (χ1) is 8.86. The summed E-state index contributed by atoms with van der Waals surface area (Å²) in [5.41, 5.74) is 0. The van der Waals surface area contributed by atoms with E-state index in [9.17, 15) is 0 Å². The van der Waals surface area contributed by atoms with Crippen molar-refractivity contribution in [1.82, 2.24) is 10.2 Å². The van der Waals surface area contributed by atoms with Gasteiger partial charge in [0.1, 0.15) is 0 Å². The second kappa shape index (κ2) is 10.8. The van der Waals surface area contributed by atoms with Crippen molar-refractivity contribution in [3.63, 3.8) is 0 Å². The van der Waals surface area contributed by atoms with Gasteiger partial charge in [0.25, 0.3) is 0 Å². The van der Waals surface area contributed by atoms with Gasteiger partial charge < -0.3 is 15.0 Å². The first-order valence-electron chi connectivity index (χ1n) is 7.90. The molecule has 3 heteroatoms. The SMILES string of the molecule is CCOCCN(CC)CCCCCCNC1CC1. The van der Waals surface area contributed by atoms with Crippen LogP contribution in [-0.2, 0) is 4.74 Å². The monoisotopic (exact) mass is 256 g/mol. The van der Waals surface area contributed by atoms with Crippen LogP contribution in [0.4, 0.5) is 0 Å². The number of likely N-dealkylation sites (N-methyl/N-ethyl adjacent to an activating group) is 1. The van der Waals surface area contributed by atoms with Gasteiger partial charge in [0.15, 0.2) is 0 Å². The summed E-state index contributed by atoms with van der Waals surface area (Å²) < 4.78 is 5.40. The summed E-state index contributed by atoms with van der Waals surface area (Å²) in [7, 11) is 0. The van der Waals surface area contributed by atoms with Crippen LogP contribution in [0.15, 0.2) is 0 Å². The zero-order valence-corrected chi connectivity index (χ0v) is 12.4. The zero-order valence-electron chi connectivity index (χ0n) is 12.4. The van der Waals surface area contributed by atoms with Gasteiger partial charge in [0.05, 0.1) is 6.61 Å². The Hall–Kier alpha value is -0.120. The van der Waals surface area contributed by atoms with Crippen molar-refractivity contribution in [3.05, 3.63) is 0 Å². The fourth-order valence-electron chi connectivity index (χ4n) is 2.17. The predicted octanol–water partition coefficient (Wildman–Crippen LogP) is 2.66. The lowest BCUT2D eigenvalue weighted by molar-refractivity contribution is 0.114. The first-order valence-corrected chi connectivity index (χ1v) is 7.90. The van der Waals surface area contributed by atoms with E-state index in [1.807, 2.05) is 0 Å². The molecule has 1 rings (SSSR count). The molecule has 0 heterocycles. The number of hydrogen-bond donors (Lipinski definition) is 1. The Morgan fingerprint density at radius 1 is 1.06 bits per heavy atom. The Kier molecular flexibility index (Phi) is 9.54. The van der Waals surface area contributed by atoms with Crippen LogP contribution < -0.4 is 5.32 Å². The molecule has 0 unspecified atom stereocenters. The molecule has 1 aliphatic carbocycles. The highest BCUT2D eigenvalue weighted by molar-refractivity contribution is 4.80. The lowest BCUT2D eigenvalue weighted by Gasteiger charge is -2.19. The summed E-state index contributed by atoms with van der Waals surface area (Å²) in [6.07, 6.45) is 8.25. The van der Waals surface area contributed by atoms with Gasteiger partial charge in [-0.1, -0.05) is 19.8 Å². The number of unbranched alkanes of at least 4 members (excludes halogenated alkanes) is 3. The van der Waals surface area contributed by atoms with Gasteiger partial charge in [-0.3, -0.25) is 0 Å². The van der Waals surface area contributed by atoms with E-state index < -0.39 is 0 Å². The van der Waals surface area contributed by atoms with Crippen molar-refractivity contribution in [2.75, 3.05) is 39.4 Å². The van der Waals surface area contributed by atoms with Crippen LogP contribution >= 0.6 is 0 Å². The van der Waals surface area contributed by atoms with Crippen molar-refractivity contribution in [2.24, 2.45) is 0 Å². The number of rotatable bonds is 13. The standard InChI is InChI=1S/C15H32N2O/c1-3-17(13-14-18-4-2)12-8-6-5-7-11-16-15-9-10-15/h15-16H,3-14H2,1-2H3. The smallest absolute Gasteiger partial charge is 0.0593 e. The molecule has 1 aliphatic rings. The van der Waals surface area contributed by atoms with E-state index in [1.165, 1.54) is 51.6 Å². The lowest BCUT2D eigenvalue weighted by Crippen LogP contribution is -2.28. The van der Waals surface area contributed by atoms with Gasteiger partial charge in [-0.15, -0.1) is 0 Å². The van der Waals surface area contributed by atoms with Crippen LogP contribution in [0.1, 0.15) is 52.4 Å². The Bertz CT molecular complexity index is 183. The molecule has 0 aliphatic heterocycles. The average molecular weight is 256 g/mol. The van der Waals surface area contributed by atoms with E-state index in [4.69, 9.17) is 4.74 Å². The van der Waals surface area contributed by atoms with Gasteiger partial charge >= 0.3 is 0 Å². The average Bonchev–Trinajstić information content (AvgIpc) is 3.19. The molecule has 3 nitrogen and oxygen atoms in total. The molecule has 1 fully saturated rings. The maximum atomic E-state index is 5.40. The quantitative estimate of drug-likeness (QED) is 0.513. The third-order valence-corrected chi connectivity index (χ3v) is 3.61. The molecule has 0 aromatic heterocycles. The Morgan fingerprint density at radius 3 is 2.50 bits per heavy atom. The molecular formula is C15H32N2O. The Labute approximate surface area is 113 Å². The van der Waals surface area contributed by atoms with E-state index in [0.717, 1.165) is 32.3 Å². The van der Waals surface area contributed by atoms with Crippen LogP contribution in [0.3, 0.4) is 0 Å². The van der Waals surface area contributed by atoms with Crippen LogP contribution in [0.2, 0.25) is 0 Å². The van der Waals surface area contributed by atoms with Crippen molar-refractivity contribution >= 4 is 0 Å². The number of hydrogen-bond acceptors (Lipinski definition) is 3. The summed E-state index contributed by atoms with van der Waals surface area (Å²) in [5.74, 6) is 0. The molecular weight excluding hydrogens is 224 g/mol.